The van der Waals surface area contributed by atoms with Gasteiger partial charge in [-0.2, -0.15) is 0 Å². The first-order chi connectivity index (χ1) is 11.0. The van der Waals surface area contributed by atoms with Crippen LogP contribution in [0.1, 0.15) is 28.9 Å². The van der Waals surface area contributed by atoms with E-state index in [9.17, 15) is 9.90 Å². The Kier molecular flexibility index (Phi) is 6.29. The number of piperidine rings is 1. The topological polar surface area (TPSA) is 81.6 Å². The second kappa shape index (κ2) is 8.21. The molecule has 1 unspecified atom stereocenters. The van der Waals surface area contributed by atoms with E-state index in [1.54, 1.807) is 6.20 Å². The summed E-state index contributed by atoms with van der Waals surface area (Å²) in [6.07, 6.45) is 3.78. The second-order valence-corrected chi connectivity index (χ2v) is 6.31. The lowest BCUT2D eigenvalue weighted by atomic mass is 9.99. The average Bonchev–Trinajstić information content (AvgIpc) is 2.54. The molecule has 2 N–H and O–H groups in total. The van der Waals surface area contributed by atoms with Crippen LogP contribution >= 0.6 is 0 Å². The summed E-state index contributed by atoms with van der Waals surface area (Å²) in [7, 11) is 3.74. The fraction of sp³-hybridized carbons (Fsp3) is 0.688. The molecule has 0 saturated carbocycles. The van der Waals surface area contributed by atoms with Gasteiger partial charge < -0.3 is 20.2 Å². The van der Waals surface area contributed by atoms with E-state index in [-0.39, 0.29) is 12.5 Å². The minimum absolute atomic E-state index is 0.136. The summed E-state index contributed by atoms with van der Waals surface area (Å²) in [6.45, 7) is 5.40. The zero-order valence-electron chi connectivity index (χ0n) is 14.2. The molecule has 0 radical (unpaired) electrons. The van der Waals surface area contributed by atoms with Gasteiger partial charge in [-0.05, 0) is 32.2 Å². The molecule has 1 aromatic heterocycles. The number of carbonyl (C=O) groups is 1. The molecule has 1 saturated heterocycles. The Morgan fingerprint density at radius 2 is 2.30 bits per heavy atom. The van der Waals surface area contributed by atoms with Crippen molar-refractivity contribution in [1.29, 1.82) is 0 Å². The number of aliphatic hydroxyl groups excluding tert-OH is 1. The summed E-state index contributed by atoms with van der Waals surface area (Å²) in [5.41, 5.74) is 1.20. The van der Waals surface area contributed by atoms with Crippen LogP contribution in [0.2, 0.25) is 0 Å². The summed E-state index contributed by atoms with van der Waals surface area (Å²) in [4.78, 5) is 24.9. The van der Waals surface area contributed by atoms with Crippen LogP contribution in [-0.4, -0.2) is 72.8 Å². The number of anilines is 1. The third kappa shape index (κ3) is 4.87. The molecule has 0 spiro atoms. The number of rotatable bonds is 6. The number of carbonyl (C=O) groups excluding carboxylic acids is 1. The molecule has 7 nitrogen and oxygen atoms in total. The number of amides is 1. The predicted molar refractivity (Wildman–Crippen MR) is 89.7 cm³/mol. The number of aryl methyl sites for hydroxylation is 1. The fourth-order valence-corrected chi connectivity index (χ4v) is 2.82. The highest BCUT2D eigenvalue weighted by Gasteiger charge is 2.19. The predicted octanol–water partition coefficient (Wildman–Crippen LogP) is 0.285. The number of aliphatic hydroxyl groups is 1. The van der Waals surface area contributed by atoms with Crippen LogP contribution in [-0.2, 0) is 0 Å². The SMILES string of the molecule is Cc1nc(N(C)C)ncc1C(=O)NCCN1CCCC(CO)C1. The van der Waals surface area contributed by atoms with E-state index in [1.807, 2.05) is 25.9 Å². The minimum Gasteiger partial charge on any atom is -0.396 e. The second-order valence-electron chi connectivity index (χ2n) is 6.31. The van der Waals surface area contributed by atoms with E-state index in [1.165, 1.54) is 0 Å². The smallest absolute Gasteiger partial charge is 0.254 e. The Morgan fingerprint density at radius 1 is 1.52 bits per heavy atom. The van der Waals surface area contributed by atoms with Gasteiger partial charge in [0.25, 0.3) is 5.91 Å². The quantitative estimate of drug-likeness (QED) is 0.783. The maximum Gasteiger partial charge on any atom is 0.254 e. The number of likely N-dealkylation sites (tertiary alicyclic amines) is 1. The zero-order valence-corrected chi connectivity index (χ0v) is 14.2. The van der Waals surface area contributed by atoms with Gasteiger partial charge in [0.2, 0.25) is 5.95 Å². The van der Waals surface area contributed by atoms with Crippen molar-refractivity contribution in [3.63, 3.8) is 0 Å². The molecule has 1 amide bonds. The number of nitrogens with one attached hydrogen (secondary N) is 1. The lowest BCUT2D eigenvalue weighted by molar-refractivity contribution is 0.0929. The minimum atomic E-state index is -0.136. The molecule has 1 aliphatic heterocycles. The molecule has 1 atom stereocenters. The normalized spacial score (nSPS) is 18.7. The van der Waals surface area contributed by atoms with Crippen LogP contribution in [0, 0.1) is 12.8 Å². The first-order valence-corrected chi connectivity index (χ1v) is 8.13. The summed E-state index contributed by atoms with van der Waals surface area (Å²) in [5, 5.41) is 12.2. The Bertz CT molecular complexity index is 535. The highest BCUT2D eigenvalue weighted by Crippen LogP contribution is 2.15. The molecule has 2 heterocycles. The Labute approximate surface area is 137 Å². The summed E-state index contributed by atoms with van der Waals surface area (Å²) in [6, 6.07) is 0. The van der Waals surface area contributed by atoms with Gasteiger partial charge in [-0.15, -0.1) is 0 Å². The van der Waals surface area contributed by atoms with Gasteiger partial charge in [0.1, 0.15) is 0 Å². The Balaban J connectivity index is 1.83. The van der Waals surface area contributed by atoms with Gasteiger partial charge in [-0.25, -0.2) is 9.97 Å². The van der Waals surface area contributed by atoms with Crippen molar-refractivity contribution in [1.82, 2.24) is 20.2 Å². The number of hydrogen-bond donors (Lipinski definition) is 2. The third-order valence-corrected chi connectivity index (χ3v) is 4.19. The molecule has 0 bridgehead atoms. The first-order valence-electron chi connectivity index (χ1n) is 8.13. The molecule has 23 heavy (non-hydrogen) atoms. The number of nitrogens with zero attached hydrogens (tertiary/aromatic N) is 4. The molecular weight excluding hydrogens is 294 g/mol. The van der Waals surface area contributed by atoms with E-state index in [2.05, 4.69) is 20.2 Å². The van der Waals surface area contributed by atoms with E-state index in [0.717, 1.165) is 32.5 Å². The standard InChI is InChI=1S/C16H27N5O2/c1-12-14(9-18-16(19-12)20(2)3)15(23)17-6-8-21-7-4-5-13(10-21)11-22/h9,13,22H,4-8,10-11H2,1-3H3,(H,17,23). The fourth-order valence-electron chi connectivity index (χ4n) is 2.82. The summed E-state index contributed by atoms with van der Waals surface area (Å²) >= 11 is 0. The monoisotopic (exact) mass is 321 g/mol. The van der Waals surface area contributed by atoms with E-state index < -0.39 is 0 Å². The maximum absolute atomic E-state index is 12.2. The van der Waals surface area contributed by atoms with E-state index in [4.69, 9.17) is 0 Å². The van der Waals surface area contributed by atoms with E-state index >= 15 is 0 Å². The van der Waals surface area contributed by atoms with Crippen molar-refractivity contribution in [3.8, 4) is 0 Å². The Hall–Kier alpha value is -1.73. The first kappa shape index (κ1) is 17.6. The molecular formula is C16H27N5O2. The van der Waals surface area contributed by atoms with Gasteiger partial charge in [0.05, 0.1) is 11.3 Å². The zero-order chi connectivity index (χ0) is 16.8. The molecule has 128 valence electrons. The maximum atomic E-state index is 12.2. The molecule has 1 fully saturated rings. The molecule has 7 heteroatoms. The van der Waals surface area contributed by atoms with Gasteiger partial charge in [-0.3, -0.25) is 4.79 Å². The van der Waals surface area contributed by atoms with Crippen LogP contribution in [0.5, 0.6) is 0 Å². The molecule has 1 aromatic rings. The van der Waals surface area contributed by atoms with Crippen LogP contribution in [0.15, 0.2) is 6.20 Å². The highest BCUT2D eigenvalue weighted by molar-refractivity contribution is 5.94. The van der Waals surface area contributed by atoms with Crippen LogP contribution in [0.25, 0.3) is 0 Å². The molecule has 1 aliphatic rings. The van der Waals surface area contributed by atoms with Crippen LogP contribution < -0.4 is 10.2 Å². The van der Waals surface area contributed by atoms with Crippen molar-refractivity contribution in [2.75, 3.05) is 51.8 Å². The van der Waals surface area contributed by atoms with Crippen molar-refractivity contribution >= 4 is 11.9 Å². The van der Waals surface area contributed by atoms with E-state index in [0.29, 0.717) is 29.7 Å². The Morgan fingerprint density at radius 3 is 2.96 bits per heavy atom. The third-order valence-electron chi connectivity index (χ3n) is 4.19. The molecule has 0 aromatic carbocycles. The van der Waals surface area contributed by atoms with Gasteiger partial charge in [0, 0.05) is 46.5 Å². The van der Waals surface area contributed by atoms with Crippen LogP contribution in [0.4, 0.5) is 5.95 Å². The number of hydrogen-bond acceptors (Lipinski definition) is 6. The van der Waals surface area contributed by atoms with Gasteiger partial charge in [-0.1, -0.05) is 0 Å². The summed E-state index contributed by atoms with van der Waals surface area (Å²) < 4.78 is 0. The van der Waals surface area contributed by atoms with Crippen LogP contribution in [0.3, 0.4) is 0 Å². The highest BCUT2D eigenvalue weighted by atomic mass is 16.3. The average molecular weight is 321 g/mol. The lowest BCUT2D eigenvalue weighted by Crippen LogP contribution is -2.41. The summed E-state index contributed by atoms with van der Waals surface area (Å²) in [5.74, 6) is 0.833. The van der Waals surface area contributed by atoms with Crippen molar-refractivity contribution in [2.24, 2.45) is 5.92 Å². The molecule has 2 rings (SSSR count). The molecule has 0 aliphatic carbocycles. The van der Waals surface area contributed by atoms with Gasteiger partial charge in [0.15, 0.2) is 0 Å². The van der Waals surface area contributed by atoms with Crippen molar-refractivity contribution < 1.29 is 9.90 Å². The lowest BCUT2D eigenvalue weighted by Gasteiger charge is -2.31. The van der Waals surface area contributed by atoms with Crippen molar-refractivity contribution in [3.05, 3.63) is 17.5 Å². The largest absolute Gasteiger partial charge is 0.396 e. The van der Waals surface area contributed by atoms with Crippen molar-refractivity contribution in [2.45, 2.75) is 19.8 Å². The van der Waals surface area contributed by atoms with Gasteiger partial charge >= 0.3 is 0 Å². The number of aromatic nitrogens is 2.